The average molecular weight is 268 g/mol. The Balaban J connectivity index is 2.32. The van der Waals surface area contributed by atoms with E-state index in [2.05, 4.69) is 4.98 Å². The van der Waals surface area contributed by atoms with Crippen LogP contribution in [0.5, 0.6) is 0 Å². The highest BCUT2D eigenvalue weighted by molar-refractivity contribution is 5.61. The molecule has 0 spiro atoms. The Hall–Kier alpha value is -1.93. The molecule has 104 valence electrons. The number of pyridine rings is 1. The topological polar surface area (TPSA) is 104 Å². The van der Waals surface area contributed by atoms with Gasteiger partial charge in [-0.2, -0.15) is 0 Å². The lowest BCUT2D eigenvalue weighted by atomic mass is 10.3. The van der Waals surface area contributed by atoms with E-state index >= 15 is 0 Å². The Bertz CT molecular complexity index is 470. The predicted octanol–water partition coefficient (Wildman–Crippen LogP) is 0.422. The summed E-state index contributed by atoms with van der Waals surface area (Å²) in [5, 5.41) is 11.0. The number of nitrogen functional groups attached to an aromatic ring is 1. The van der Waals surface area contributed by atoms with Gasteiger partial charge in [0.1, 0.15) is 18.0 Å². The Morgan fingerprint density at radius 2 is 1.95 bits per heavy atom. The second kappa shape index (κ2) is 5.37. The van der Waals surface area contributed by atoms with Gasteiger partial charge >= 0.3 is 5.69 Å². The first-order valence-corrected chi connectivity index (χ1v) is 5.78. The van der Waals surface area contributed by atoms with Crippen LogP contribution in [0.4, 0.5) is 17.3 Å². The van der Waals surface area contributed by atoms with Gasteiger partial charge < -0.3 is 20.1 Å². The zero-order valence-electron chi connectivity index (χ0n) is 10.8. The van der Waals surface area contributed by atoms with Crippen molar-refractivity contribution in [1.29, 1.82) is 0 Å². The van der Waals surface area contributed by atoms with Crippen LogP contribution in [-0.2, 0) is 9.47 Å². The van der Waals surface area contributed by atoms with Gasteiger partial charge in [0.15, 0.2) is 0 Å². The second-order valence-electron chi connectivity index (χ2n) is 4.29. The molecule has 0 aliphatic carbocycles. The summed E-state index contributed by atoms with van der Waals surface area (Å²) in [4.78, 5) is 16.4. The molecular weight excluding hydrogens is 252 g/mol. The largest absolute Gasteiger partial charge is 0.384 e. The minimum atomic E-state index is -0.469. The van der Waals surface area contributed by atoms with Gasteiger partial charge in [0, 0.05) is 33.4 Å². The number of nitrogens with zero attached hydrogens (tertiary/aromatic N) is 3. The molecule has 2 atom stereocenters. The predicted molar refractivity (Wildman–Crippen MR) is 69.1 cm³/mol. The first kappa shape index (κ1) is 13.5. The van der Waals surface area contributed by atoms with Crippen LogP contribution in [0.1, 0.15) is 0 Å². The molecule has 0 bridgehead atoms. The van der Waals surface area contributed by atoms with Crippen LogP contribution in [-0.4, -0.2) is 49.4 Å². The quantitative estimate of drug-likeness (QED) is 0.623. The van der Waals surface area contributed by atoms with E-state index in [1.807, 2.05) is 0 Å². The molecule has 1 aromatic heterocycles. The van der Waals surface area contributed by atoms with Crippen LogP contribution in [0.2, 0.25) is 0 Å². The summed E-state index contributed by atoms with van der Waals surface area (Å²) in [5.41, 5.74) is 5.54. The van der Waals surface area contributed by atoms with Crippen molar-refractivity contribution >= 4 is 17.3 Å². The van der Waals surface area contributed by atoms with Gasteiger partial charge in [0.2, 0.25) is 5.82 Å². The van der Waals surface area contributed by atoms with Crippen molar-refractivity contribution in [3.63, 3.8) is 0 Å². The molecule has 1 aliphatic rings. The Kier molecular flexibility index (Phi) is 3.82. The lowest BCUT2D eigenvalue weighted by molar-refractivity contribution is -0.384. The van der Waals surface area contributed by atoms with Gasteiger partial charge in [0.05, 0.1) is 4.92 Å². The van der Waals surface area contributed by atoms with Crippen molar-refractivity contribution in [3.05, 3.63) is 22.2 Å². The molecule has 1 fully saturated rings. The van der Waals surface area contributed by atoms with E-state index in [-0.39, 0.29) is 29.5 Å². The van der Waals surface area contributed by atoms with E-state index in [1.54, 1.807) is 19.1 Å². The summed E-state index contributed by atoms with van der Waals surface area (Å²) in [6.45, 7) is 0.957. The summed E-state index contributed by atoms with van der Waals surface area (Å²) in [5.74, 6) is 0.502. The van der Waals surface area contributed by atoms with Crippen molar-refractivity contribution in [1.82, 2.24) is 4.98 Å². The highest BCUT2D eigenvalue weighted by atomic mass is 16.6. The molecule has 8 heteroatoms. The van der Waals surface area contributed by atoms with Crippen LogP contribution in [0.25, 0.3) is 0 Å². The number of aromatic nitrogens is 1. The summed E-state index contributed by atoms with van der Waals surface area (Å²) in [6.07, 6.45) is -0.291. The summed E-state index contributed by atoms with van der Waals surface area (Å²) < 4.78 is 10.6. The zero-order chi connectivity index (χ0) is 14.0. The summed E-state index contributed by atoms with van der Waals surface area (Å²) in [6, 6.07) is 2.78. The highest BCUT2D eigenvalue weighted by Crippen LogP contribution is 2.30. The van der Waals surface area contributed by atoms with Gasteiger partial charge in [-0.05, 0) is 6.07 Å². The number of hydrogen-bond donors (Lipinski definition) is 1. The standard InChI is InChI=1S/C11H16N4O4/c1-18-8-5-14(6-9(8)19-2)11-7(15(16)17)3-4-10(12)13-11/h3-4,8-9H,5-6H2,1-2H3,(H2,12,13). The van der Waals surface area contributed by atoms with E-state index < -0.39 is 4.92 Å². The van der Waals surface area contributed by atoms with Gasteiger partial charge in [0.25, 0.3) is 0 Å². The van der Waals surface area contributed by atoms with Crippen LogP contribution in [0, 0.1) is 10.1 Å². The van der Waals surface area contributed by atoms with Crippen molar-refractivity contribution in [2.24, 2.45) is 0 Å². The fourth-order valence-electron chi connectivity index (χ4n) is 2.20. The first-order valence-electron chi connectivity index (χ1n) is 5.78. The van der Waals surface area contributed by atoms with E-state index in [9.17, 15) is 10.1 Å². The zero-order valence-corrected chi connectivity index (χ0v) is 10.8. The SMILES string of the molecule is COC1CN(c2nc(N)ccc2[N+](=O)[O-])CC1OC. The smallest absolute Gasteiger partial charge is 0.311 e. The number of nitrogens with two attached hydrogens (primary N) is 1. The minimum Gasteiger partial charge on any atom is -0.384 e. The molecule has 1 aliphatic heterocycles. The third-order valence-electron chi connectivity index (χ3n) is 3.19. The molecule has 1 aromatic rings. The normalized spacial score (nSPS) is 22.7. The molecule has 2 heterocycles. The fraction of sp³-hybridized carbons (Fsp3) is 0.545. The van der Waals surface area contributed by atoms with E-state index in [0.717, 1.165) is 0 Å². The van der Waals surface area contributed by atoms with Crippen molar-refractivity contribution in [2.75, 3.05) is 37.9 Å². The number of anilines is 2. The lowest BCUT2D eigenvalue weighted by Gasteiger charge is -2.16. The van der Waals surface area contributed by atoms with E-state index in [4.69, 9.17) is 15.2 Å². The molecular formula is C11H16N4O4. The van der Waals surface area contributed by atoms with Crippen molar-refractivity contribution < 1.29 is 14.4 Å². The number of nitro groups is 1. The van der Waals surface area contributed by atoms with Crippen molar-refractivity contribution in [2.45, 2.75) is 12.2 Å². The first-order chi connectivity index (χ1) is 9.06. The number of methoxy groups -OCH3 is 2. The third-order valence-corrected chi connectivity index (χ3v) is 3.19. The van der Waals surface area contributed by atoms with Gasteiger partial charge in [-0.25, -0.2) is 4.98 Å². The van der Waals surface area contributed by atoms with Gasteiger partial charge in [-0.1, -0.05) is 0 Å². The molecule has 0 aromatic carbocycles. The summed E-state index contributed by atoms with van der Waals surface area (Å²) in [7, 11) is 3.17. The molecule has 2 N–H and O–H groups in total. The second-order valence-corrected chi connectivity index (χ2v) is 4.29. The summed E-state index contributed by atoms with van der Waals surface area (Å²) >= 11 is 0. The number of hydrogen-bond acceptors (Lipinski definition) is 7. The third kappa shape index (κ3) is 2.59. The maximum atomic E-state index is 11.0. The number of ether oxygens (including phenoxy) is 2. The van der Waals surface area contributed by atoms with Gasteiger partial charge in [-0.3, -0.25) is 10.1 Å². The Morgan fingerprint density at radius 1 is 1.37 bits per heavy atom. The molecule has 1 saturated heterocycles. The van der Waals surface area contributed by atoms with E-state index in [1.165, 1.54) is 12.1 Å². The number of rotatable bonds is 4. The van der Waals surface area contributed by atoms with E-state index in [0.29, 0.717) is 13.1 Å². The molecule has 8 nitrogen and oxygen atoms in total. The molecule has 19 heavy (non-hydrogen) atoms. The molecule has 0 radical (unpaired) electrons. The molecule has 2 rings (SSSR count). The van der Waals surface area contributed by atoms with Crippen LogP contribution >= 0.6 is 0 Å². The Labute approximate surface area is 110 Å². The minimum absolute atomic E-state index is 0.0687. The molecule has 2 unspecified atom stereocenters. The molecule has 0 amide bonds. The van der Waals surface area contributed by atoms with Crippen LogP contribution in [0.15, 0.2) is 12.1 Å². The van der Waals surface area contributed by atoms with Crippen molar-refractivity contribution in [3.8, 4) is 0 Å². The maximum Gasteiger partial charge on any atom is 0.311 e. The Morgan fingerprint density at radius 3 is 2.42 bits per heavy atom. The fourth-order valence-corrected chi connectivity index (χ4v) is 2.20. The maximum absolute atomic E-state index is 11.0. The average Bonchev–Trinajstić information content (AvgIpc) is 2.81. The highest BCUT2D eigenvalue weighted by Gasteiger charge is 2.36. The van der Waals surface area contributed by atoms with Crippen LogP contribution in [0.3, 0.4) is 0 Å². The van der Waals surface area contributed by atoms with Crippen LogP contribution < -0.4 is 10.6 Å². The lowest BCUT2D eigenvalue weighted by Crippen LogP contribution is -2.27. The monoisotopic (exact) mass is 268 g/mol. The molecule has 0 saturated carbocycles. The van der Waals surface area contributed by atoms with Gasteiger partial charge in [-0.15, -0.1) is 0 Å².